The van der Waals surface area contributed by atoms with Crippen molar-refractivity contribution >= 4 is 0 Å². The second kappa shape index (κ2) is 8.93. The SMILES string of the molecule is C=CC[C@H](NCCCN1CCOCC1)c1ccccc1F. The van der Waals surface area contributed by atoms with Crippen LogP contribution < -0.4 is 5.32 Å². The summed E-state index contributed by atoms with van der Waals surface area (Å²) in [5, 5.41) is 3.45. The largest absolute Gasteiger partial charge is 0.379 e. The molecule has 3 nitrogen and oxygen atoms in total. The molecule has 1 aliphatic rings. The Morgan fingerprint density at radius 1 is 1.33 bits per heavy atom. The van der Waals surface area contributed by atoms with Crippen molar-refractivity contribution in [3.63, 3.8) is 0 Å². The Bertz CT molecular complexity index is 433. The maximum absolute atomic E-state index is 13.9. The van der Waals surface area contributed by atoms with Crippen molar-refractivity contribution in [1.29, 1.82) is 0 Å². The lowest BCUT2D eigenvalue weighted by atomic mass is 10.0. The molecule has 2 rings (SSSR count). The smallest absolute Gasteiger partial charge is 0.127 e. The quantitative estimate of drug-likeness (QED) is 0.589. The first kappa shape index (κ1) is 16.1. The van der Waals surface area contributed by atoms with Crippen LogP contribution in [0, 0.1) is 5.82 Å². The van der Waals surface area contributed by atoms with Crippen molar-refractivity contribution in [2.24, 2.45) is 0 Å². The molecule has 1 aromatic carbocycles. The van der Waals surface area contributed by atoms with Gasteiger partial charge in [-0.15, -0.1) is 6.58 Å². The van der Waals surface area contributed by atoms with Gasteiger partial charge < -0.3 is 10.1 Å². The Hall–Kier alpha value is -1.23. The highest BCUT2D eigenvalue weighted by atomic mass is 19.1. The van der Waals surface area contributed by atoms with E-state index >= 15 is 0 Å². The molecule has 0 aromatic heterocycles. The van der Waals surface area contributed by atoms with Gasteiger partial charge in [-0.25, -0.2) is 4.39 Å². The summed E-state index contributed by atoms with van der Waals surface area (Å²) in [7, 11) is 0. The second-order valence-corrected chi connectivity index (χ2v) is 5.36. The fourth-order valence-corrected chi connectivity index (χ4v) is 2.65. The minimum Gasteiger partial charge on any atom is -0.379 e. The van der Waals surface area contributed by atoms with Gasteiger partial charge in [-0.2, -0.15) is 0 Å². The van der Waals surface area contributed by atoms with E-state index in [9.17, 15) is 4.39 Å². The van der Waals surface area contributed by atoms with Crippen LogP contribution in [0.1, 0.15) is 24.4 Å². The molecule has 1 atom stereocenters. The molecule has 1 aliphatic heterocycles. The van der Waals surface area contributed by atoms with E-state index in [1.54, 1.807) is 6.07 Å². The summed E-state index contributed by atoms with van der Waals surface area (Å²) in [5.74, 6) is -0.148. The monoisotopic (exact) mass is 292 g/mol. The maximum Gasteiger partial charge on any atom is 0.127 e. The maximum atomic E-state index is 13.9. The summed E-state index contributed by atoms with van der Waals surface area (Å²) in [5.41, 5.74) is 0.726. The normalized spacial score (nSPS) is 17.6. The minimum atomic E-state index is -0.148. The topological polar surface area (TPSA) is 24.5 Å². The van der Waals surface area contributed by atoms with Gasteiger partial charge >= 0.3 is 0 Å². The van der Waals surface area contributed by atoms with Crippen molar-refractivity contribution in [2.45, 2.75) is 18.9 Å². The van der Waals surface area contributed by atoms with E-state index in [1.165, 1.54) is 6.07 Å². The van der Waals surface area contributed by atoms with Gasteiger partial charge in [0.25, 0.3) is 0 Å². The average Bonchev–Trinajstić information content (AvgIpc) is 2.52. The third kappa shape index (κ3) is 5.23. The van der Waals surface area contributed by atoms with Gasteiger partial charge in [0, 0.05) is 24.7 Å². The lowest BCUT2D eigenvalue weighted by Crippen LogP contribution is -2.38. The van der Waals surface area contributed by atoms with E-state index in [-0.39, 0.29) is 11.9 Å². The number of ether oxygens (including phenoxy) is 1. The van der Waals surface area contributed by atoms with E-state index in [1.807, 2.05) is 18.2 Å². The van der Waals surface area contributed by atoms with Crippen molar-refractivity contribution < 1.29 is 9.13 Å². The summed E-state index contributed by atoms with van der Waals surface area (Å²) in [6, 6.07) is 6.97. The Kier molecular flexibility index (Phi) is 6.86. The molecule has 0 aliphatic carbocycles. The lowest BCUT2D eigenvalue weighted by Gasteiger charge is -2.27. The lowest BCUT2D eigenvalue weighted by molar-refractivity contribution is 0.0374. The van der Waals surface area contributed by atoms with Gasteiger partial charge in [0.15, 0.2) is 0 Å². The molecule has 1 heterocycles. The molecule has 0 saturated carbocycles. The van der Waals surface area contributed by atoms with E-state index in [4.69, 9.17) is 4.74 Å². The van der Waals surface area contributed by atoms with Crippen molar-refractivity contribution in [2.75, 3.05) is 39.4 Å². The summed E-state index contributed by atoms with van der Waals surface area (Å²) < 4.78 is 19.2. The predicted molar refractivity (Wildman–Crippen MR) is 83.8 cm³/mol. The zero-order chi connectivity index (χ0) is 14.9. The third-order valence-electron chi connectivity index (χ3n) is 3.83. The molecular weight excluding hydrogens is 267 g/mol. The van der Waals surface area contributed by atoms with E-state index in [0.717, 1.165) is 57.8 Å². The number of halogens is 1. The molecule has 0 bridgehead atoms. The fraction of sp³-hybridized carbons (Fsp3) is 0.529. The van der Waals surface area contributed by atoms with Gasteiger partial charge in [0.05, 0.1) is 13.2 Å². The standard InChI is InChI=1S/C17H25FN2O/c1-2-6-17(15-7-3-4-8-16(15)18)19-9-5-10-20-11-13-21-14-12-20/h2-4,7-8,17,19H,1,5-6,9-14H2/t17-/m0/s1. The minimum absolute atomic E-state index is 0.00777. The molecule has 1 N–H and O–H groups in total. The van der Waals surface area contributed by atoms with Crippen LogP contribution >= 0.6 is 0 Å². The summed E-state index contributed by atoms with van der Waals surface area (Å²) >= 11 is 0. The molecule has 116 valence electrons. The van der Waals surface area contributed by atoms with E-state index in [0.29, 0.717) is 0 Å². The highest BCUT2D eigenvalue weighted by molar-refractivity contribution is 5.21. The van der Waals surface area contributed by atoms with Crippen LogP contribution in [0.3, 0.4) is 0 Å². The van der Waals surface area contributed by atoms with Gasteiger partial charge in [0.2, 0.25) is 0 Å². The Labute approximate surface area is 126 Å². The molecule has 1 fully saturated rings. The fourth-order valence-electron chi connectivity index (χ4n) is 2.65. The molecule has 1 saturated heterocycles. The highest BCUT2D eigenvalue weighted by Gasteiger charge is 2.14. The zero-order valence-corrected chi connectivity index (χ0v) is 12.6. The molecule has 0 spiro atoms. The Balaban J connectivity index is 1.77. The first-order valence-electron chi connectivity index (χ1n) is 7.70. The first-order valence-corrected chi connectivity index (χ1v) is 7.70. The van der Waals surface area contributed by atoms with Crippen LogP contribution in [0.2, 0.25) is 0 Å². The molecule has 1 aromatic rings. The van der Waals surface area contributed by atoms with E-state index in [2.05, 4.69) is 16.8 Å². The van der Waals surface area contributed by atoms with Crippen LogP contribution in [-0.2, 0) is 4.74 Å². The summed E-state index contributed by atoms with van der Waals surface area (Å²) in [4.78, 5) is 2.41. The number of morpholine rings is 1. The molecule has 0 amide bonds. The number of hydrogen-bond donors (Lipinski definition) is 1. The van der Waals surface area contributed by atoms with Crippen LogP contribution in [0.5, 0.6) is 0 Å². The third-order valence-corrected chi connectivity index (χ3v) is 3.83. The summed E-state index contributed by atoms with van der Waals surface area (Å²) in [6.07, 6.45) is 3.63. The molecule has 21 heavy (non-hydrogen) atoms. The number of benzene rings is 1. The predicted octanol–water partition coefficient (Wildman–Crippen LogP) is 2.75. The van der Waals surface area contributed by atoms with Gasteiger partial charge in [-0.1, -0.05) is 24.3 Å². The van der Waals surface area contributed by atoms with Crippen molar-refractivity contribution in [1.82, 2.24) is 10.2 Å². The Morgan fingerprint density at radius 3 is 2.81 bits per heavy atom. The van der Waals surface area contributed by atoms with Crippen LogP contribution in [-0.4, -0.2) is 44.3 Å². The number of nitrogens with zero attached hydrogens (tertiary/aromatic N) is 1. The molecular formula is C17H25FN2O. The second-order valence-electron chi connectivity index (χ2n) is 5.36. The zero-order valence-electron chi connectivity index (χ0n) is 12.6. The molecule has 4 heteroatoms. The van der Waals surface area contributed by atoms with Gasteiger partial charge in [-0.3, -0.25) is 4.90 Å². The van der Waals surface area contributed by atoms with Crippen molar-refractivity contribution in [3.8, 4) is 0 Å². The highest BCUT2D eigenvalue weighted by Crippen LogP contribution is 2.20. The van der Waals surface area contributed by atoms with Crippen LogP contribution in [0.4, 0.5) is 4.39 Å². The molecule has 0 unspecified atom stereocenters. The van der Waals surface area contributed by atoms with Crippen LogP contribution in [0.25, 0.3) is 0 Å². The van der Waals surface area contributed by atoms with Gasteiger partial charge in [0.1, 0.15) is 5.82 Å². The van der Waals surface area contributed by atoms with Gasteiger partial charge in [-0.05, 0) is 32.0 Å². The summed E-state index contributed by atoms with van der Waals surface area (Å²) in [6.45, 7) is 9.42. The average molecular weight is 292 g/mol. The molecule has 0 radical (unpaired) electrons. The first-order chi connectivity index (χ1) is 10.3. The van der Waals surface area contributed by atoms with E-state index < -0.39 is 0 Å². The Morgan fingerprint density at radius 2 is 2.10 bits per heavy atom. The number of rotatable bonds is 8. The number of nitrogens with one attached hydrogen (secondary N) is 1. The van der Waals surface area contributed by atoms with Crippen molar-refractivity contribution in [3.05, 3.63) is 48.3 Å². The number of hydrogen-bond acceptors (Lipinski definition) is 3. The van der Waals surface area contributed by atoms with Crippen LogP contribution in [0.15, 0.2) is 36.9 Å².